The lowest BCUT2D eigenvalue weighted by molar-refractivity contribution is 0.102. The lowest BCUT2D eigenvalue weighted by Crippen LogP contribution is -2.03. The van der Waals surface area contributed by atoms with Crippen LogP contribution in [0.25, 0.3) is 0 Å². The third-order valence-electron chi connectivity index (χ3n) is 3.73. The van der Waals surface area contributed by atoms with Gasteiger partial charge in [-0.2, -0.15) is 0 Å². The molecular formula is C19H19N3O3S2. The highest BCUT2D eigenvalue weighted by Gasteiger charge is 2.13. The van der Waals surface area contributed by atoms with Gasteiger partial charge in [0.1, 0.15) is 0 Å². The number of nitrogens with one attached hydrogen (secondary N) is 1. The molecule has 2 aromatic carbocycles. The summed E-state index contributed by atoms with van der Waals surface area (Å²) in [6, 6.07) is 15.2. The van der Waals surface area contributed by atoms with E-state index in [1.165, 1.54) is 28.7 Å². The number of hydrogen-bond acceptors (Lipinski definition) is 8. The average Bonchev–Trinajstić information content (AvgIpc) is 3.18. The Balaban J connectivity index is 1.54. The predicted molar refractivity (Wildman–Crippen MR) is 108 cm³/mol. The van der Waals surface area contributed by atoms with Crippen molar-refractivity contribution < 1.29 is 14.3 Å². The van der Waals surface area contributed by atoms with Crippen LogP contribution in [-0.4, -0.2) is 36.0 Å². The number of hydrogen-bond donors (Lipinski definition) is 1. The number of methoxy groups -OCH3 is 2. The highest BCUT2D eigenvalue weighted by Crippen LogP contribution is 2.30. The number of ether oxygens (including phenoxy) is 2. The van der Waals surface area contributed by atoms with Gasteiger partial charge in [0.2, 0.25) is 5.13 Å². The summed E-state index contributed by atoms with van der Waals surface area (Å²) in [5.74, 6) is 1.41. The van der Waals surface area contributed by atoms with Crippen molar-refractivity contribution in [3.63, 3.8) is 0 Å². The zero-order chi connectivity index (χ0) is 19.1. The van der Waals surface area contributed by atoms with Gasteiger partial charge in [-0.3, -0.25) is 4.79 Å². The quantitative estimate of drug-likeness (QED) is 0.427. The molecule has 1 aromatic heterocycles. The molecule has 0 atom stereocenters. The van der Waals surface area contributed by atoms with Gasteiger partial charge in [-0.15, -0.1) is 10.2 Å². The van der Waals surface area contributed by atoms with Gasteiger partial charge in [0.05, 0.1) is 20.0 Å². The molecule has 0 saturated heterocycles. The van der Waals surface area contributed by atoms with Gasteiger partial charge in [-0.1, -0.05) is 53.4 Å². The van der Waals surface area contributed by atoms with E-state index in [0.29, 0.717) is 23.6 Å². The van der Waals surface area contributed by atoms with Gasteiger partial charge >= 0.3 is 0 Å². The topological polar surface area (TPSA) is 73.3 Å². The minimum Gasteiger partial charge on any atom is -0.493 e. The van der Waals surface area contributed by atoms with Crippen LogP contribution in [0.5, 0.6) is 11.5 Å². The molecule has 0 saturated carbocycles. The fourth-order valence-corrected chi connectivity index (χ4v) is 3.98. The second-order valence-corrected chi connectivity index (χ2v) is 7.69. The molecule has 1 heterocycles. The lowest BCUT2D eigenvalue weighted by Gasteiger charge is -2.08. The van der Waals surface area contributed by atoms with Crippen molar-refractivity contribution in [3.05, 3.63) is 59.7 Å². The minimum atomic E-state index is -0.00468. The summed E-state index contributed by atoms with van der Waals surface area (Å²) >= 11 is 2.81. The van der Waals surface area contributed by atoms with Crippen molar-refractivity contribution in [1.82, 2.24) is 10.2 Å². The highest BCUT2D eigenvalue weighted by molar-refractivity contribution is 8.01. The standard InChI is InChI=1S/C19H19N3O3S2/c1-24-16-9-8-14(10-17(16)25-2)15(23)12-26-19-22-21-18(27-19)20-11-13-6-4-3-5-7-13/h3-10H,11-12H2,1-2H3,(H,20,21). The van der Waals surface area contributed by atoms with Gasteiger partial charge in [-0.05, 0) is 23.8 Å². The molecule has 0 aliphatic carbocycles. The third kappa shape index (κ3) is 5.21. The number of thioether (sulfide) groups is 1. The van der Waals surface area contributed by atoms with Crippen molar-refractivity contribution in [2.45, 2.75) is 10.9 Å². The Labute approximate surface area is 165 Å². The number of carbonyl (C=O) groups excluding carboxylic acids is 1. The zero-order valence-electron chi connectivity index (χ0n) is 15.0. The number of carbonyl (C=O) groups is 1. The summed E-state index contributed by atoms with van der Waals surface area (Å²) in [6.07, 6.45) is 0. The first kappa shape index (κ1) is 19.2. The Kier molecular flexibility index (Phi) is 6.67. The molecule has 0 spiro atoms. The number of aromatic nitrogens is 2. The van der Waals surface area contributed by atoms with Crippen LogP contribution in [0.3, 0.4) is 0 Å². The molecule has 1 N–H and O–H groups in total. The predicted octanol–water partition coefficient (Wildman–Crippen LogP) is 4.14. The molecule has 8 heteroatoms. The monoisotopic (exact) mass is 401 g/mol. The van der Waals surface area contributed by atoms with Crippen LogP contribution in [-0.2, 0) is 6.54 Å². The van der Waals surface area contributed by atoms with E-state index in [9.17, 15) is 4.79 Å². The fraction of sp³-hybridized carbons (Fsp3) is 0.211. The first-order chi connectivity index (χ1) is 13.2. The molecule has 0 aliphatic heterocycles. The molecule has 27 heavy (non-hydrogen) atoms. The zero-order valence-corrected chi connectivity index (χ0v) is 16.6. The summed E-state index contributed by atoms with van der Waals surface area (Å²) in [5.41, 5.74) is 1.75. The summed E-state index contributed by atoms with van der Waals surface area (Å²) in [4.78, 5) is 12.4. The van der Waals surface area contributed by atoms with Crippen LogP contribution in [0, 0.1) is 0 Å². The maximum absolute atomic E-state index is 12.4. The van der Waals surface area contributed by atoms with E-state index in [4.69, 9.17) is 9.47 Å². The maximum Gasteiger partial charge on any atom is 0.206 e. The molecule has 140 valence electrons. The van der Waals surface area contributed by atoms with Crippen molar-refractivity contribution in [2.75, 3.05) is 25.3 Å². The van der Waals surface area contributed by atoms with Crippen LogP contribution in [0.2, 0.25) is 0 Å². The minimum absolute atomic E-state index is 0.00468. The van der Waals surface area contributed by atoms with Crippen molar-refractivity contribution in [1.29, 1.82) is 0 Å². The van der Waals surface area contributed by atoms with Crippen LogP contribution in [0.15, 0.2) is 52.9 Å². The second kappa shape index (κ2) is 9.38. The number of benzene rings is 2. The number of ketones is 1. The molecule has 3 aromatic rings. The van der Waals surface area contributed by atoms with E-state index < -0.39 is 0 Å². The normalized spacial score (nSPS) is 10.4. The third-order valence-corrected chi connectivity index (χ3v) is 5.74. The van der Waals surface area contributed by atoms with Crippen molar-refractivity contribution >= 4 is 34.0 Å². The van der Waals surface area contributed by atoms with Crippen molar-refractivity contribution in [3.8, 4) is 11.5 Å². The van der Waals surface area contributed by atoms with Gasteiger partial charge in [0.25, 0.3) is 0 Å². The smallest absolute Gasteiger partial charge is 0.206 e. The first-order valence-corrected chi connectivity index (χ1v) is 9.99. The Hall–Kier alpha value is -2.58. The molecule has 0 aliphatic rings. The number of anilines is 1. The first-order valence-electron chi connectivity index (χ1n) is 8.19. The van der Waals surface area contributed by atoms with Crippen LogP contribution in [0.1, 0.15) is 15.9 Å². The van der Waals surface area contributed by atoms with Crippen LogP contribution >= 0.6 is 23.1 Å². The Morgan fingerprint density at radius 3 is 2.59 bits per heavy atom. The van der Waals surface area contributed by atoms with E-state index in [2.05, 4.69) is 15.5 Å². The van der Waals surface area contributed by atoms with E-state index in [1.54, 1.807) is 32.4 Å². The summed E-state index contributed by atoms with van der Waals surface area (Å²) in [6.45, 7) is 0.685. The number of Topliss-reactive ketones (excluding diaryl/α,β-unsaturated/α-hetero) is 1. The Morgan fingerprint density at radius 2 is 1.85 bits per heavy atom. The van der Waals surface area contributed by atoms with Crippen LogP contribution < -0.4 is 14.8 Å². The average molecular weight is 402 g/mol. The van der Waals surface area contributed by atoms with Gasteiger partial charge in [0, 0.05) is 12.1 Å². The highest BCUT2D eigenvalue weighted by atomic mass is 32.2. The lowest BCUT2D eigenvalue weighted by atomic mass is 10.1. The van der Waals surface area contributed by atoms with E-state index in [0.717, 1.165) is 9.47 Å². The molecule has 0 radical (unpaired) electrons. The van der Waals surface area contributed by atoms with E-state index in [-0.39, 0.29) is 11.5 Å². The molecule has 6 nitrogen and oxygen atoms in total. The number of nitrogens with zero attached hydrogens (tertiary/aromatic N) is 2. The maximum atomic E-state index is 12.4. The molecule has 0 amide bonds. The molecule has 0 fully saturated rings. The Morgan fingerprint density at radius 1 is 1.07 bits per heavy atom. The van der Waals surface area contributed by atoms with Crippen LogP contribution in [0.4, 0.5) is 5.13 Å². The summed E-state index contributed by atoms with van der Waals surface area (Å²) in [5, 5.41) is 12.2. The van der Waals surface area contributed by atoms with Gasteiger partial charge < -0.3 is 14.8 Å². The SMILES string of the molecule is COc1ccc(C(=O)CSc2nnc(NCc3ccccc3)s2)cc1OC. The van der Waals surface area contributed by atoms with Gasteiger partial charge in [0.15, 0.2) is 21.6 Å². The number of rotatable bonds is 9. The summed E-state index contributed by atoms with van der Waals surface area (Å²) < 4.78 is 11.2. The molecule has 3 rings (SSSR count). The largest absolute Gasteiger partial charge is 0.493 e. The molecule has 0 bridgehead atoms. The second-order valence-electron chi connectivity index (χ2n) is 5.49. The molecule has 0 unspecified atom stereocenters. The molecular weight excluding hydrogens is 382 g/mol. The fourth-order valence-electron chi connectivity index (χ4n) is 2.33. The Bertz CT molecular complexity index is 900. The summed E-state index contributed by atoms with van der Waals surface area (Å²) in [7, 11) is 3.11. The van der Waals surface area contributed by atoms with Gasteiger partial charge in [-0.25, -0.2) is 0 Å². The van der Waals surface area contributed by atoms with E-state index >= 15 is 0 Å². The van der Waals surface area contributed by atoms with Crippen molar-refractivity contribution in [2.24, 2.45) is 0 Å². The van der Waals surface area contributed by atoms with E-state index in [1.807, 2.05) is 30.3 Å².